The molecule has 0 amide bonds. The zero-order valence-electron chi connectivity index (χ0n) is 4.52. The van der Waals surface area contributed by atoms with Gasteiger partial charge in [-0.3, -0.25) is 0 Å². The van der Waals surface area contributed by atoms with Crippen LogP contribution < -0.4 is 4.65 Å². The molecular weight excluding hydrogens is 123 g/mol. The lowest BCUT2D eigenvalue weighted by Gasteiger charge is -1.96. The Balaban J connectivity index is 2.48. The molecule has 0 fully saturated rings. The van der Waals surface area contributed by atoms with Gasteiger partial charge in [0.25, 0.3) is 5.95 Å². The fraction of sp³-hybridized carbons (Fsp3) is 0. The molecule has 4 nitrogen and oxygen atoms in total. The minimum Gasteiger partial charge on any atom is -0.485 e. The number of hydrogen-bond acceptors (Lipinski definition) is 4. The van der Waals surface area contributed by atoms with E-state index in [2.05, 4.69) is 9.07 Å². The molecule has 0 aliphatic carbocycles. The smallest absolute Gasteiger partial charge is 0.485 e. The summed E-state index contributed by atoms with van der Waals surface area (Å²) in [5.74, 6) is 0.0880. The molecule has 0 saturated heterocycles. The van der Waals surface area contributed by atoms with E-state index in [4.69, 9.17) is 10.0 Å². The number of furan rings is 1. The molecule has 9 heavy (non-hydrogen) atoms. The van der Waals surface area contributed by atoms with Gasteiger partial charge in [0, 0.05) is 6.07 Å². The summed E-state index contributed by atoms with van der Waals surface area (Å²) < 4.78 is 8.90. The third kappa shape index (κ3) is 1.79. The van der Waals surface area contributed by atoms with Crippen molar-refractivity contribution in [1.82, 2.24) is 0 Å². The standard InChI is InChI=1S/C4H5BO4/c6-5(7)9-4-2-1-3-8-4/h1-3,6-7H. The average molecular weight is 128 g/mol. The van der Waals surface area contributed by atoms with E-state index in [9.17, 15) is 0 Å². The summed E-state index contributed by atoms with van der Waals surface area (Å²) in [4.78, 5) is 0. The molecule has 0 bridgehead atoms. The molecule has 0 atom stereocenters. The van der Waals surface area contributed by atoms with Crippen LogP contribution in [0.1, 0.15) is 0 Å². The van der Waals surface area contributed by atoms with Gasteiger partial charge in [0.15, 0.2) is 0 Å². The van der Waals surface area contributed by atoms with E-state index in [0.29, 0.717) is 0 Å². The van der Waals surface area contributed by atoms with Crippen LogP contribution in [0.4, 0.5) is 0 Å². The van der Waals surface area contributed by atoms with Gasteiger partial charge in [0.2, 0.25) is 0 Å². The van der Waals surface area contributed by atoms with Gasteiger partial charge in [-0.1, -0.05) is 0 Å². The van der Waals surface area contributed by atoms with Crippen molar-refractivity contribution in [1.29, 1.82) is 0 Å². The van der Waals surface area contributed by atoms with Crippen LogP contribution in [-0.4, -0.2) is 17.4 Å². The van der Waals surface area contributed by atoms with Crippen LogP contribution in [0.5, 0.6) is 5.95 Å². The van der Waals surface area contributed by atoms with E-state index in [1.165, 1.54) is 12.3 Å². The summed E-state index contributed by atoms with van der Waals surface area (Å²) in [6, 6.07) is 3.05. The maximum Gasteiger partial charge on any atom is 0.709 e. The zero-order chi connectivity index (χ0) is 6.69. The van der Waals surface area contributed by atoms with Crippen molar-refractivity contribution in [2.75, 3.05) is 0 Å². The lowest BCUT2D eigenvalue weighted by molar-refractivity contribution is 0.253. The van der Waals surface area contributed by atoms with Crippen LogP contribution in [0.2, 0.25) is 0 Å². The van der Waals surface area contributed by atoms with Crippen LogP contribution in [0.15, 0.2) is 22.8 Å². The monoisotopic (exact) mass is 128 g/mol. The molecule has 0 spiro atoms. The van der Waals surface area contributed by atoms with E-state index in [-0.39, 0.29) is 5.95 Å². The van der Waals surface area contributed by atoms with Crippen molar-refractivity contribution in [3.8, 4) is 5.95 Å². The first-order valence-electron chi connectivity index (χ1n) is 2.35. The highest BCUT2D eigenvalue weighted by molar-refractivity contribution is 6.33. The second-order valence-corrected chi connectivity index (χ2v) is 1.38. The van der Waals surface area contributed by atoms with E-state index in [0.717, 1.165) is 0 Å². The molecule has 1 aromatic rings. The topological polar surface area (TPSA) is 62.8 Å². The quantitative estimate of drug-likeness (QED) is 0.533. The first kappa shape index (κ1) is 6.19. The van der Waals surface area contributed by atoms with Gasteiger partial charge in [0.1, 0.15) is 0 Å². The van der Waals surface area contributed by atoms with E-state index >= 15 is 0 Å². The highest BCUT2D eigenvalue weighted by Gasteiger charge is 2.11. The molecule has 0 aliphatic rings. The SMILES string of the molecule is OB(O)Oc1ccco1. The number of rotatable bonds is 2. The predicted molar refractivity (Wildman–Crippen MR) is 29.5 cm³/mol. The summed E-state index contributed by atoms with van der Waals surface area (Å²) in [5.41, 5.74) is 0. The second kappa shape index (κ2) is 2.57. The molecule has 0 radical (unpaired) electrons. The van der Waals surface area contributed by atoms with Gasteiger partial charge in [-0.25, -0.2) is 0 Å². The lowest BCUT2D eigenvalue weighted by Crippen LogP contribution is -2.20. The normalized spacial score (nSPS) is 9.11. The van der Waals surface area contributed by atoms with Crippen molar-refractivity contribution in [2.45, 2.75) is 0 Å². The first-order valence-corrected chi connectivity index (χ1v) is 2.35. The van der Waals surface area contributed by atoms with Crippen molar-refractivity contribution in [3.05, 3.63) is 18.4 Å². The summed E-state index contributed by atoms with van der Waals surface area (Å²) in [5, 5.41) is 16.4. The Morgan fingerprint density at radius 1 is 1.56 bits per heavy atom. The van der Waals surface area contributed by atoms with Crippen LogP contribution in [-0.2, 0) is 0 Å². The molecule has 1 heterocycles. The Morgan fingerprint density at radius 2 is 2.33 bits per heavy atom. The molecule has 48 valence electrons. The minimum atomic E-state index is -1.81. The van der Waals surface area contributed by atoms with Crippen molar-refractivity contribution in [2.24, 2.45) is 0 Å². The minimum absolute atomic E-state index is 0.0880. The van der Waals surface area contributed by atoms with Crippen LogP contribution in [0, 0.1) is 0 Å². The predicted octanol–water partition coefficient (Wildman–Crippen LogP) is -0.372. The molecule has 0 aromatic carbocycles. The Kier molecular flexibility index (Phi) is 1.76. The average Bonchev–Trinajstić information content (AvgIpc) is 2.15. The molecule has 1 rings (SSSR count). The zero-order valence-corrected chi connectivity index (χ0v) is 4.52. The fourth-order valence-electron chi connectivity index (χ4n) is 0.434. The molecular formula is C4H5BO4. The maximum atomic E-state index is 8.20. The van der Waals surface area contributed by atoms with Gasteiger partial charge in [-0.2, -0.15) is 0 Å². The summed E-state index contributed by atoms with van der Waals surface area (Å²) in [7, 11) is -1.81. The highest BCUT2D eigenvalue weighted by atomic mass is 16.7. The van der Waals surface area contributed by atoms with E-state index in [1.807, 2.05) is 0 Å². The largest absolute Gasteiger partial charge is 0.709 e. The third-order valence-corrected chi connectivity index (χ3v) is 0.717. The molecule has 0 unspecified atom stereocenters. The Labute approximate surface area is 51.9 Å². The summed E-state index contributed by atoms with van der Waals surface area (Å²) in [6.07, 6.45) is 1.37. The Morgan fingerprint density at radius 3 is 2.78 bits per heavy atom. The Bertz CT molecular complexity index is 159. The van der Waals surface area contributed by atoms with Gasteiger partial charge in [-0.05, 0) is 6.07 Å². The summed E-state index contributed by atoms with van der Waals surface area (Å²) in [6.45, 7) is 0. The van der Waals surface area contributed by atoms with Crippen LogP contribution >= 0.6 is 0 Å². The number of hydrogen-bond donors (Lipinski definition) is 2. The molecule has 1 aromatic heterocycles. The Hall–Kier alpha value is -0.935. The van der Waals surface area contributed by atoms with Crippen LogP contribution in [0.3, 0.4) is 0 Å². The first-order chi connectivity index (χ1) is 4.29. The highest BCUT2D eigenvalue weighted by Crippen LogP contribution is 2.09. The van der Waals surface area contributed by atoms with Gasteiger partial charge >= 0.3 is 7.32 Å². The molecule has 2 N–H and O–H groups in total. The van der Waals surface area contributed by atoms with Gasteiger partial charge < -0.3 is 19.1 Å². The second-order valence-electron chi connectivity index (χ2n) is 1.38. The lowest BCUT2D eigenvalue weighted by atomic mass is 10.3. The van der Waals surface area contributed by atoms with Crippen LogP contribution in [0.25, 0.3) is 0 Å². The third-order valence-electron chi connectivity index (χ3n) is 0.717. The maximum absolute atomic E-state index is 8.20. The van der Waals surface area contributed by atoms with Gasteiger partial charge in [-0.15, -0.1) is 0 Å². The summed E-state index contributed by atoms with van der Waals surface area (Å²) >= 11 is 0. The molecule has 5 heteroatoms. The van der Waals surface area contributed by atoms with E-state index in [1.54, 1.807) is 6.07 Å². The van der Waals surface area contributed by atoms with E-state index < -0.39 is 7.32 Å². The van der Waals surface area contributed by atoms with Crippen molar-refractivity contribution >= 4 is 7.32 Å². The molecule has 0 aliphatic heterocycles. The van der Waals surface area contributed by atoms with Gasteiger partial charge in [0.05, 0.1) is 6.26 Å². The van der Waals surface area contributed by atoms with Crippen molar-refractivity contribution < 1.29 is 19.1 Å². The molecule has 0 saturated carbocycles. The fourth-order valence-corrected chi connectivity index (χ4v) is 0.434. The van der Waals surface area contributed by atoms with Crippen molar-refractivity contribution in [3.63, 3.8) is 0 Å².